The Labute approximate surface area is 104 Å². The maximum Gasteiger partial charge on any atom is 0.230 e. The summed E-state index contributed by atoms with van der Waals surface area (Å²) in [6.45, 7) is 4.33. The molecule has 0 aromatic carbocycles. The first kappa shape index (κ1) is 14.2. The van der Waals surface area contributed by atoms with Crippen LogP contribution < -0.4 is 5.32 Å². The smallest absolute Gasteiger partial charge is 0.230 e. The van der Waals surface area contributed by atoms with Crippen LogP contribution in [0.25, 0.3) is 0 Å². The summed E-state index contributed by atoms with van der Waals surface area (Å²) in [6.07, 6.45) is 8.80. The molecule has 1 rings (SSSR count). The number of nitrogens with one attached hydrogen (secondary N) is 1. The molecule has 2 atom stereocenters. The van der Waals surface area contributed by atoms with Gasteiger partial charge in [-0.05, 0) is 12.3 Å². The first-order valence-electron chi connectivity index (χ1n) is 7.02. The van der Waals surface area contributed by atoms with Crippen LogP contribution >= 0.6 is 0 Å². The summed E-state index contributed by atoms with van der Waals surface area (Å²) < 4.78 is 0. The van der Waals surface area contributed by atoms with Gasteiger partial charge in [-0.3, -0.25) is 14.9 Å². The van der Waals surface area contributed by atoms with Crippen LogP contribution in [0.3, 0.4) is 0 Å². The molecule has 0 aromatic rings. The summed E-state index contributed by atoms with van der Waals surface area (Å²) in [6, 6.07) is 0. The Bertz CT molecular complexity index is 263. The second-order valence-corrected chi connectivity index (χ2v) is 5.09. The summed E-state index contributed by atoms with van der Waals surface area (Å²) in [5, 5.41) is 2.41. The van der Waals surface area contributed by atoms with E-state index in [2.05, 4.69) is 19.2 Å². The molecule has 1 aliphatic rings. The fourth-order valence-corrected chi connectivity index (χ4v) is 2.65. The number of hydrogen-bond donors (Lipinski definition) is 1. The van der Waals surface area contributed by atoms with Crippen molar-refractivity contribution in [2.45, 2.75) is 65.2 Å². The topological polar surface area (TPSA) is 46.2 Å². The van der Waals surface area contributed by atoms with Gasteiger partial charge in [-0.1, -0.05) is 52.4 Å². The van der Waals surface area contributed by atoms with E-state index in [1.165, 1.54) is 32.1 Å². The average molecular weight is 239 g/mol. The van der Waals surface area contributed by atoms with Crippen molar-refractivity contribution in [3.63, 3.8) is 0 Å². The molecule has 0 aromatic heterocycles. The third-order valence-corrected chi connectivity index (χ3v) is 3.78. The molecular weight excluding hydrogens is 214 g/mol. The lowest BCUT2D eigenvalue weighted by molar-refractivity contribution is -0.126. The van der Waals surface area contributed by atoms with Crippen molar-refractivity contribution in [2.75, 3.05) is 0 Å². The lowest BCUT2D eigenvalue weighted by atomic mass is 9.84. The normalized spacial score (nSPS) is 21.6. The molecule has 3 nitrogen and oxygen atoms in total. The molecule has 98 valence electrons. The molecule has 17 heavy (non-hydrogen) atoms. The quantitative estimate of drug-likeness (QED) is 0.522. The van der Waals surface area contributed by atoms with Gasteiger partial charge in [0, 0.05) is 12.3 Å². The van der Waals surface area contributed by atoms with Crippen molar-refractivity contribution in [3.8, 4) is 0 Å². The summed E-state index contributed by atoms with van der Waals surface area (Å²) in [5.74, 6) is 0.196. The highest BCUT2D eigenvalue weighted by Gasteiger charge is 2.35. The van der Waals surface area contributed by atoms with Crippen LogP contribution in [0.4, 0.5) is 0 Å². The molecule has 0 radical (unpaired) electrons. The number of carbonyl (C=O) groups is 2. The van der Waals surface area contributed by atoms with Crippen molar-refractivity contribution >= 4 is 11.8 Å². The Morgan fingerprint density at radius 2 is 1.88 bits per heavy atom. The first-order valence-corrected chi connectivity index (χ1v) is 7.02. The molecule has 0 saturated carbocycles. The second kappa shape index (κ2) is 7.46. The molecule has 1 heterocycles. The highest BCUT2D eigenvalue weighted by Crippen LogP contribution is 2.28. The van der Waals surface area contributed by atoms with E-state index >= 15 is 0 Å². The lowest BCUT2D eigenvalue weighted by Gasteiger charge is -2.19. The maximum absolute atomic E-state index is 11.6. The third-order valence-electron chi connectivity index (χ3n) is 3.78. The fraction of sp³-hybridized carbons (Fsp3) is 0.857. The molecule has 0 bridgehead atoms. The predicted octanol–water partition coefficient (Wildman–Crippen LogP) is 3.04. The van der Waals surface area contributed by atoms with E-state index in [0.717, 1.165) is 12.8 Å². The molecule has 0 spiro atoms. The lowest BCUT2D eigenvalue weighted by Crippen LogP contribution is -2.26. The number of amides is 2. The van der Waals surface area contributed by atoms with E-state index in [1.54, 1.807) is 0 Å². The van der Waals surface area contributed by atoms with E-state index in [4.69, 9.17) is 0 Å². The first-order chi connectivity index (χ1) is 8.19. The zero-order valence-electron chi connectivity index (χ0n) is 11.1. The Hall–Kier alpha value is -0.860. The molecule has 2 amide bonds. The van der Waals surface area contributed by atoms with Gasteiger partial charge in [0.15, 0.2) is 0 Å². The van der Waals surface area contributed by atoms with Crippen molar-refractivity contribution in [1.82, 2.24) is 5.32 Å². The van der Waals surface area contributed by atoms with Gasteiger partial charge >= 0.3 is 0 Å². The fourth-order valence-electron chi connectivity index (χ4n) is 2.65. The number of unbranched alkanes of at least 4 members (excludes halogenated alkanes) is 4. The molecule has 0 aliphatic carbocycles. The highest BCUT2D eigenvalue weighted by atomic mass is 16.2. The van der Waals surface area contributed by atoms with Gasteiger partial charge in [0.05, 0.1) is 0 Å². The largest absolute Gasteiger partial charge is 0.296 e. The van der Waals surface area contributed by atoms with Crippen LogP contribution in [-0.4, -0.2) is 11.8 Å². The Morgan fingerprint density at radius 1 is 1.18 bits per heavy atom. The molecule has 1 saturated heterocycles. The molecule has 2 unspecified atom stereocenters. The van der Waals surface area contributed by atoms with E-state index in [-0.39, 0.29) is 17.7 Å². The monoisotopic (exact) mass is 239 g/mol. The van der Waals surface area contributed by atoms with Crippen molar-refractivity contribution in [3.05, 3.63) is 0 Å². The number of carbonyl (C=O) groups excluding carboxylic acids is 2. The van der Waals surface area contributed by atoms with Crippen LogP contribution in [0, 0.1) is 11.8 Å². The maximum atomic E-state index is 11.6. The standard InChI is InChI=1S/C14H25NO2/c1-3-5-6-7-8-9-11(4-2)12-10-13(16)15-14(12)17/h11-12H,3-10H2,1-2H3,(H,15,16,17). The van der Waals surface area contributed by atoms with Gasteiger partial charge in [-0.25, -0.2) is 0 Å². The van der Waals surface area contributed by atoms with Gasteiger partial charge in [0.25, 0.3) is 0 Å². The van der Waals surface area contributed by atoms with E-state index in [0.29, 0.717) is 12.3 Å². The van der Waals surface area contributed by atoms with E-state index in [1.807, 2.05) is 0 Å². The van der Waals surface area contributed by atoms with Crippen LogP contribution in [0.2, 0.25) is 0 Å². The Balaban J connectivity index is 2.28. The minimum atomic E-state index is -0.0931. The van der Waals surface area contributed by atoms with E-state index in [9.17, 15) is 9.59 Å². The minimum absolute atomic E-state index is 0.0459. The van der Waals surface area contributed by atoms with Crippen molar-refractivity contribution in [2.24, 2.45) is 11.8 Å². The van der Waals surface area contributed by atoms with Crippen LogP contribution in [0.5, 0.6) is 0 Å². The van der Waals surface area contributed by atoms with Crippen molar-refractivity contribution in [1.29, 1.82) is 0 Å². The van der Waals surface area contributed by atoms with Crippen LogP contribution in [-0.2, 0) is 9.59 Å². The summed E-state index contributed by atoms with van der Waals surface area (Å²) in [4.78, 5) is 22.8. The number of hydrogen-bond acceptors (Lipinski definition) is 2. The van der Waals surface area contributed by atoms with Gasteiger partial charge in [0.1, 0.15) is 0 Å². The summed E-state index contributed by atoms with van der Waals surface area (Å²) in [5.41, 5.74) is 0. The number of imide groups is 1. The van der Waals surface area contributed by atoms with Crippen LogP contribution in [0.15, 0.2) is 0 Å². The van der Waals surface area contributed by atoms with Gasteiger partial charge in [-0.2, -0.15) is 0 Å². The molecule has 1 aliphatic heterocycles. The van der Waals surface area contributed by atoms with Gasteiger partial charge in [0.2, 0.25) is 11.8 Å². The minimum Gasteiger partial charge on any atom is -0.296 e. The van der Waals surface area contributed by atoms with Crippen molar-refractivity contribution < 1.29 is 9.59 Å². The molecule has 3 heteroatoms. The van der Waals surface area contributed by atoms with Crippen LogP contribution in [0.1, 0.15) is 65.2 Å². The third kappa shape index (κ3) is 4.49. The van der Waals surface area contributed by atoms with E-state index < -0.39 is 0 Å². The number of rotatable bonds is 8. The SMILES string of the molecule is CCCCCCCC(CC)C1CC(=O)NC1=O. The summed E-state index contributed by atoms with van der Waals surface area (Å²) >= 11 is 0. The molecule has 1 fully saturated rings. The Kier molecular flexibility index (Phi) is 6.23. The average Bonchev–Trinajstić information content (AvgIpc) is 2.63. The van der Waals surface area contributed by atoms with Gasteiger partial charge in [-0.15, -0.1) is 0 Å². The molecule has 1 N–H and O–H groups in total. The highest BCUT2D eigenvalue weighted by molar-refractivity contribution is 6.03. The Morgan fingerprint density at radius 3 is 2.41 bits per heavy atom. The summed E-state index contributed by atoms with van der Waals surface area (Å²) in [7, 11) is 0. The zero-order valence-corrected chi connectivity index (χ0v) is 11.1. The second-order valence-electron chi connectivity index (χ2n) is 5.09. The predicted molar refractivity (Wildman–Crippen MR) is 68.4 cm³/mol. The van der Waals surface area contributed by atoms with Gasteiger partial charge < -0.3 is 0 Å². The molecular formula is C14H25NO2. The zero-order chi connectivity index (χ0) is 12.7.